The second kappa shape index (κ2) is 15.5. The highest BCUT2D eigenvalue weighted by molar-refractivity contribution is 7.92. The number of carbonyl (C=O) groups is 2. The smallest absolute Gasteiger partial charge is 0.264 e. The van der Waals surface area contributed by atoms with Gasteiger partial charge in [-0.15, -0.1) is 0 Å². The Bertz CT molecular complexity index is 1500. The van der Waals surface area contributed by atoms with E-state index in [9.17, 15) is 18.0 Å². The van der Waals surface area contributed by atoms with Crippen LogP contribution in [0.1, 0.15) is 32.8 Å². The van der Waals surface area contributed by atoms with E-state index >= 15 is 0 Å². The van der Waals surface area contributed by atoms with E-state index in [1.165, 1.54) is 37.3 Å². The number of methoxy groups -OCH3 is 2. The van der Waals surface area contributed by atoms with Gasteiger partial charge in [0.15, 0.2) is 11.5 Å². The molecule has 0 heterocycles. The van der Waals surface area contributed by atoms with E-state index in [0.717, 1.165) is 10.7 Å². The number of rotatable bonds is 15. The molecular formula is C31H38ClN3O7S. The fraction of sp³-hybridized carbons (Fsp3) is 0.355. The van der Waals surface area contributed by atoms with Crippen molar-refractivity contribution >= 4 is 39.1 Å². The number of hydrogen-bond acceptors (Lipinski definition) is 7. The number of nitrogens with one attached hydrogen (secondary N) is 1. The molecule has 0 aliphatic rings. The van der Waals surface area contributed by atoms with Crippen LogP contribution in [0.3, 0.4) is 0 Å². The summed E-state index contributed by atoms with van der Waals surface area (Å²) in [4.78, 5) is 28.3. The highest BCUT2D eigenvalue weighted by atomic mass is 35.5. The van der Waals surface area contributed by atoms with E-state index in [2.05, 4.69) is 5.32 Å². The molecule has 0 saturated heterocycles. The van der Waals surface area contributed by atoms with Crippen molar-refractivity contribution in [3.05, 3.63) is 77.3 Å². The third-order valence-electron chi connectivity index (χ3n) is 6.62. The fourth-order valence-corrected chi connectivity index (χ4v) is 5.96. The lowest BCUT2D eigenvalue weighted by Gasteiger charge is -2.32. The average molecular weight is 632 g/mol. The lowest BCUT2D eigenvalue weighted by molar-refractivity contribution is -0.139. The second-order valence-electron chi connectivity index (χ2n) is 9.57. The van der Waals surface area contributed by atoms with Crippen LogP contribution in [-0.2, 0) is 26.2 Å². The minimum atomic E-state index is -4.32. The molecule has 0 aromatic heterocycles. The first kappa shape index (κ1) is 33.5. The van der Waals surface area contributed by atoms with Crippen LogP contribution in [0.4, 0.5) is 5.69 Å². The molecular weight excluding hydrogens is 594 g/mol. The van der Waals surface area contributed by atoms with Crippen LogP contribution in [0, 0.1) is 0 Å². The Labute approximate surface area is 258 Å². The zero-order valence-electron chi connectivity index (χ0n) is 25.0. The predicted octanol–water partition coefficient (Wildman–Crippen LogP) is 4.89. The maximum atomic E-state index is 14.1. The molecule has 0 aliphatic carbocycles. The highest BCUT2D eigenvalue weighted by Crippen LogP contribution is 2.33. The first-order valence-electron chi connectivity index (χ1n) is 13.8. The summed E-state index contributed by atoms with van der Waals surface area (Å²) in [6.45, 7) is 5.69. The number of anilines is 1. The Morgan fingerprint density at radius 2 is 1.65 bits per heavy atom. The molecule has 3 aromatic carbocycles. The quantitative estimate of drug-likeness (QED) is 0.254. The normalized spacial score (nSPS) is 11.8. The number of halogens is 1. The number of amides is 2. The van der Waals surface area contributed by atoms with Crippen LogP contribution in [-0.4, -0.2) is 65.1 Å². The van der Waals surface area contributed by atoms with Crippen molar-refractivity contribution in [2.45, 2.75) is 44.7 Å². The van der Waals surface area contributed by atoms with Crippen molar-refractivity contribution < 1.29 is 32.2 Å². The standard InChI is InChI=1S/C31H38ClN3O7S/c1-6-17-33-31(37)22(3)34(20-23-9-8-10-24(32)18-23)30(36)21-35(25-11-13-26(14-12-25)42-7-2)43(38,39)27-15-16-28(40-4)29(19-27)41-5/h8-16,18-19,22H,6-7,17,20-21H2,1-5H3,(H,33,37)/t22-/m1/s1. The minimum Gasteiger partial charge on any atom is -0.494 e. The zero-order chi connectivity index (χ0) is 31.6. The van der Waals surface area contributed by atoms with Crippen LogP contribution in [0.25, 0.3) is 0 Å². The molecule has 43 heavy (non-hydrogen) atoms. The molecule has 1 N–H and O–H groups in total. The van der Waals surface area contributed by atoms with Crippen molar-refractivity contribution in [3.63, 3.8) is 0 Å². The van der Waals surface area contributed by atoms with Crippen molar-refractivity contribution in [1.29, 1.82) is 0 Å². The third kappa shape index (κ3) is 8.55. The Balaban J connectivity index is 2.07. The monoisotopic (exact) mass is 631 g/mol. The average Bonchev–Trinajstić information content (AvgIpc) is 3.01. The van der Waals surface area contributed by atoms with Gasteiger partial charge < -0.3 is 24.4 Å². The summed E-state index contributed by atoms with van der Waals surface area (Å²) < 4.78 is 45.4. The SMILES string of the molecule is CCCNC(=O)[C@@H](C)N(Cc1cccc(Cl)c1)C(=O)CN(c1ccc(OCC)cc1)S(=O)(=O)c1ccc(OC)c(OC)c1. The molecule has 0 fully saturated rings. The molecule has 10 nitrogen and oxygen atoms in total. The molecule has 0 bridgehead atoms. The van der Waals surface area contributed by atoms with E-state index in [-0.39, 0.29) is 28.8 Å². The zero-order valence-corrected chi connectivity index (χ0v) is 26.6. The van der Waals surface area contributed by atoms with Crippen LogP contribution in [0.5, 0.6) is 17.2 Å². The number of nitrogens with zero attached hydrogens (tertiary/aromatic N) is 2. The van der Waals surface area contributed by atoms with Gasteiger partial charge in [-0.05, 0) is 74.4 Å². The number of benzene rings is 3. The van der Waals surface area contributed by atoms with Gasteiger partial charge in [0.1, 0.15) is 18.3 Å². The summed E-state index contributed by atoms with van der Waals surface area (Å²) in [5.41, 5.74) is 0.920. The summed E-state index contributed by atoms with van der Waals surface area (Å²) in [6.07, 6.45) is 0.718. The van der Waals surface area contributed by atoms with Crippen LogP contribution >= 0.6 is 11.6 Å². The summed E-state index contributed by atoms with van der Waals surface area (Å²) >= 11 is 6.19. The Morgan fingerprint density at radius 3 is 2.26 bits per heavy atom. The van der Waals surface area contributed by atoms with Crippen molar-refractivity contribution in [2.75, 3.05) is 38.2 Å². The first-order chi connectivity index (χ1) is 20.5. The summed E-state index contributed by atoms with van der Waals surface area (Å²) in [7, 11) is -1.47. The molecule has 0 saturated carbocycles. The van der Waals surface area contributed by atoms with Gasteiger partial charge in [0.05, 0.1) is 31.4 Å². The molecule has 0 unspecified atom stereocenters. The molecule has 3 aromatic rings. The molecule has 1 atom stereocenters. The molecule has 0 aliphatic heterocycles. The van der Waals surface area contributed by atoms with Gasteiger partial charge in [0.25, 0.3) is 10.0 Å². The van der Waals surface area contributed by atoms with Gasteiger partial charge >= 0.3 is 0 Å². The molecule has 232 valence electrons. The summed E-state index contributed by atoms with van der Waals surface area (Å²) in [6, 6.07) is 16.6. The molecule has 3 rings (SSSR count). The van der Waals surface area contributed by atoms with Gasteiger partial charge in [-0.25, -0.2) is 8.42 Å². The van der Waals surface area contributed by atoms with E-state index in [1.807, 2.05) is 13.8 Å². The van der Waals surface area contributed by atoms with Crippen LogP contribution in [0.2, 0.25) is 5.02 Å². The number of carbonyl (C=O) groups excluding carboxylic acids is 2. The van der Waals surface area contributed by atoms with Gasteiger partial charge in [0, 0.05) is 24.2 Å². The minimum absolute atomic E-state index is 0.0353. The van der Waals surface area contributed by atoms with Crippen LogP contribution < -0.4 is 23.8 Å². The van der Waals surface area contributed by atoms with Gasteiger partial charge in [-0.3, -0.25) is 13.9 Å². The fourth-order valence-electron chi connectivity index (χ4n) is 4.32. The second-order valence-corrected chi connectivity index (χ2v) is 11.9. The van der Waals surface area contributed by atoms with E-state index in [1.54, 1.807) is 55.5 Å². The van der Waals surface area contributed by atoms with Gasteiger partial charge in [-0.1, -0.05) is 30.7 Å². The van der Waals surface area contributed by atoms with Crippen LogP contribution in [0.15, 0.2) is 71.6 Å². The van der Waals surface area contributed by atoms with E-state index in [0.29, 0.717) is 35.2 Å². The Kier molecular flexibility index (Phi) is 12.1. The van der Waals surface area contributed by atoms with Crippen molar-refractivity contribution in [2.24, 2.45) is 0 Å². The highest BCUT2D eigenvalue weighted by Gasteiger charge is 2.33. The molecule has 0 spiro atoms. The van der Waals surface area contributed by atoms with E-state index in [4.69, 9.17) is 25.8 Å². The lowest BCUT2D eigenvalue weighted by Crippen LogP contribution is -2.51. The molecule has 0 radical (unpaired) electrons. The molecule has 2 amide bonds. The summed E-state index contributed by atoms with van der Waals surface area (Å²) in [5, 5.41) is 3.29. The lowest BCUT2D eigenvalue weighted by atomic mass is 10.1. The predicted molar refractivity (Wildman–Crippen MR) is 166 cm³/mol. The first-order valence-corrected chi connectivity index (χ1v) is 15.7. The summed E-state index contributed by atoms with van der Waals surface area (Å²) in [5.74, 6) is 0.171. The van der Waals surface area contributed by atoms with Crippen molar-refractivity contribution in [1.82, 2.24) is 10.2 Å². The maximum Gasteiger partial charge on any atom is 0.264 e. The number of sulfonamides is 1. The van der Waals surface area contributed by atoms with Crippen molar-refractivity contribution in [3.8, 4) is 17.2 Å². The Morgan fingerprint density at radius 1 is 0.953 bits per heavy atom. The van der Waals surface area contributed by atoms with Gasteiger partial charge in [-0.2, -0.15) is 0 Å². The number of hydrogen-bond donors (Lipinski definition) is 1. The topological polar surface area (TPSA) is 114 Å². The third-order valence-corrected chi connectivity index (χ3v) is 8.62. The largest absolute Gasteiger partial charge is 0.494 e. The Hall–Kier alpha value is -3.96. The van der Waals surface area contributed by atoms with Gasteiger partial charge in [0.2, 0.25) is 11.8 Å². The molecule has 12 heteroatoms. The maximum absolute atomic E-state index is 14.1. The van der Waals surface area contributed by atoms with E-state index < -0.39 is 28.5 Å². The number of ether oxygens (including phenoxy) is 3.